The average Bonchev–Trinajstić information content (AvgIpc) is 2.58. The average molecular weight is 269 g/mol. The van der Waals surface area contributed by atoms with Gasteiger partial charge in [0, 0.05) is 13.2 Å². The Morgan fingerprint density at radius 3 is 2.61 bits per heavy atom. The normalized spacial score (nSPS) is 10.9. The molecule has 0 fully saturated rings. The molecule has 0 unspecified atom stereocenters. The third-order valence-electron chi connectivity index (χ3n) is 2.73. The zero-order valence-corrected chi connectivity index (χ0v) is 11.1. The molecule has 0 spiro atoms. The van der Waals surface area contributed by atoms with Gasteiger partial charge in [0.05, 0.1) is 16.9 Å². The Bertz CT molecular complexity index is 711. The smallest absolute Gasteiger partial charge is 0.297 e. The summed E-state index contributed by atoms with van der Waals surface area (Å²) in [5, 5.41) is 4.22. The molecule has 2 aromatic rings. The van der Waals surface area contributed by atoms with Crippen molar-refractivity contribution in [2.75, 3.05) is 0 Å². The Morgan fingerprint density at radius 1 is 1.44 bits per heavy atom. The van der Waals surface area contributed by atoms with Crippen molar-refractivity contribution in [3.8, 4) is 5.69 Å². The van der Waals surface area contributed by atoms with Gasteiger partial charge in [0.2, 0.25) is 0 Å². The van der Waals surface area contributed by atoms with Gasteiger partial charge < -0.3 is 0 Å². The lowest BCUT2D eigenvalue weighted by molar-refractivity contribution is 0.756. The molecule has 0 radical (unpaired) electrons. The van der Waals surface area contributed by atoms with Gasteiger partial charge in [-0.1, -0.05) is 18.5 Å². The zero-order chi connectivity index (χ0) is 13.4. The van der Waals surface area contributed by atoms with Crippen LogP contribution in [-0.2, 0) is 13.5 Å². The van der Waals surface area contributed by atoms with Gasteiger partial charge in [-0.3, -0.25) is 14.5 Å². The number of aromatic nitrogens is 4. The number of nitrogens with one attached hydrogen (secondary N) is 1. The van der Waals surface area contributed by atoms with Crippen molar-refractivity contribution in [2.24, 2.45) is 7.05 Å². The number of nitrogens with zero attached hydrogens (tertiary/aromatic N) is 3. The second-order valence-electron chi connectivity index (χ2n) is 3.99. The maximum atomic E-state index is 12.2. The highest BCUT2D eigenvalue weighted by molar-refractivity contribution is 6.30. The van der Waals surface area contributed by atoms with Gasteiger partial charge in [-0.25, -0.2) is 9.36 Å². The number of rotatable bonds is 2. The Labute approximate surface area is 108 Å². The summed E-state index contributed by atoms with van der Waals surface area (Å²) >= 11 is 5.85. The minimum Gasteiger partial charge on any atom is -0.297 e. The van der Waals surface area contributed by atoms with Gasteiger partial charge in [-0.05, 0) is 13.3 Å². The molecular formula is C11H13ClN4O2. The van der Waals surface area contributed by atoms with Crippen molar-refractivity contribution in [1.82, 2.24) is 19.3 Å². The molecule has 6 nitrogen and oxygen atoms in total. The first kappa shape index (κ1) is 12.6. The van der Waals surface area contributed by atoms with Crippen molar-refractivity contribution in [1.29, 1.82) is 0 Å². The van der Waals surface area contributed by atoms with Crippen LogP contribution in [0.3, 0.4) is 0 Å². The van der Waals surface area contributed by atoms with Crippen molar-refractivity contribution < 1.29 is 0 Å². The number of aromatic amines is 1. The van der Waals surface area contributed by atoms with Crippen LogP contribution in [0.15, 0.2) is 15.8 Å². The van der Waals surface area contributed by atoms with E-state index in [4.69, 9.17) is 11.6 Å². The predicted molar refractivity (Wildman–Crippen MR) is 68.6 cm³/mol. The van der Waals surface area contributed by atoms with E-state index in [0.29, 0.717) is 23.4 Å². The molecular weight excluding hydrogens is 256 g/mol. The van der Waals surface area contributed by atoms with E-state index < -0.39 is 11.2 Å². The fourth-order valence-electron chi connectivity index (χ4n) is 1.88. The highest BCUT2D eigenvalue weighted by atomic mass is 35.5. The van der Waals surface area contributed by atoms with Crippen LogP contribution in [0.25, 0.3) is 5.69 Å². The number of aryl methyl sites for hydroxylation is 2. The van der Waals surface area contributed by atoms with Crippen molar-refractivity contribution >= 4 is 11.6 Å². The molecule has 0 saturated heterocycles. The Kier molecular flexibility index (Phi) is 3.13. The number of halogens is 1. The summed E-state index contributed by atoms with van der Waals surface area (Å²) in [5.41, 5.74) is 0.504. The van der Waals surface area contributed by atoms with Crippen LogP contribution in [-0.4, -0.2) is 19.3 Å². The molecule has 0 aliphatic heterocycles. The number of hydrogen-bond acceptors (Lipinski definition) is 3. The topological polar surface area (TPSA) is 72.7 Å². The van der Waals surface area contributed by atoms with Crippen molar-refractivity contribution in [2.45, 2.75) is 20.3 Å². The first-order valence-corrected chi connectivity index (χ1v) is 5.87. The van der Waals surface area contributed by atoms with Crippen LogP contribution in [0.2, 0.25) is 5.15 Å². The van der Waals surface area contributed by atoms with Gasteiger partial charge >= 0.3 is 5.69 Å². The minimum atomic E-state index is -0.557. The lowest BCUT2D eigenvalue weighted by atomic mass is 10.2. The monoisotopic (exact) mass is 268 g/mol. The van der Waals surface area contributed by atoms with E-state index in [1.807, 2.05) is 0 Å². The standard InChI is InChI=1S/C11H13ClN4O2/c1-4-7-9(12)13-11(18)16(10(7)17)8-5-15(3)14-6(8)2/h5H,4H2,1-3H3,(H,13,18). The molecule has 2 heterocycles. The number of H-pyrrole nitrogens is 1. The van der Waals surface area contributed by atoms with Gasteiger partial charge in [-0.2, -0.15) is 5.10 Å². The molecule has 2 aromatic heterocycles. The van der Waals surface area contributed by atoms with Crippen molar-refractivity contribution in [3.05, 3.63) is 43.4 Å². The summed E-state index contributed by atoms with van der Waals surface area (Å²) in [4.78, 5) is 26.6. The van der Waals surface area contributed by atoms with E-state index in [0.717, 1.165) is 4.57 Å². The fraction of sp³-hybridized carbons (Fsp3) is 0.364. The summed E-state index contributed by atoms with van der Waals surface area (Å²) in [6, 6.07) is 0. The van der Waals surface area contributed by atoms with E-state index in [1.165, 1.54) is 0 Å². The summed E-state index contributed by atoms with van der Waals surface area (Å²) in [7, 11) is 1.73. The third kappa shape index (κ3) is 1.88. The van der Waals surface area contributed by atoms with E-state index in [1.54, 1.807) is 31.8 Å². The molecule has 0 aromatic carbocycles. The Morgan fingerprint density at radius 2 is 2.11 bits per heavy atom. The molecule has 96 valence electrons. The second-order valence-corrected chi connectivity index (χ2v) is 4.37. The van der Waals surface area contributed by atoms with Crippen LogP contribution >= 0.6 is 11.6 Å². The maximum absolute atomic E-state index is 12.2. The van der Waals surface area contributed by atoms with E-state index in [9.17, 15) is 9.59 Å². The molecule has 0 aliphatic rings. The molecule has 0 bridgehead atoms. The fourth-order valence-corrected chi connectivity index (χ4v) is 2.17. The molecule has 2 rings (SSSR count). The Hall–Kier alpha value is -1.82. The minimum absolute atomic E-state index is 0.102. The van der Waals surface area contributed by atoms with Crippen LogP contribution in [0.4, 0.5) is 0 Å². The summed E-state index contributed by atoms with van der Waals surface area (Å²) in [6.07, 6.45) is 2.08. The molecule has 0 aliphatic carbocycles. The largest absolute Gasteiger partial charge is 0.334 e. The molecule has 0 amide bonds. The van der Waals surface area contributed by atoms with Crippen LogP contribution < -0.4 is 11.2 Å². The first-order chi connectivity index (χ1) is 8.45. The molecule has 7 heteroatoms. The van der Waals surface area contributed by atoms with Gasteiger partial charge in [0.15, 0.2) is 0 Å². The maximum Gasteiger partial charge on any atom is 0.334 e. The van der Waals surface area contributed by atoms with E-state index in [-0.39, 0.29) is 5.15 Å². The van der Waals surface area contributed by atoms with Crippen LogP contribution in [0, 0.1) is 6.92 Å². The summed E-state index contributed by atoms with van der Waals surface area (Å²) in [5.74, 6) is 0. The highest BCUT2D eigenvalue weighted by Gasteiger charge is 2.15. The molecule has 1 N–H and O–H groups in total. The first-order valence-electron chi connectivity index (χ1n) is 5.50. The number of hydrogen-bond donors (Lipinski definition) is 1. The second kappa shape index (κ2) is 4.45. The van der Waals surface area contributed by atoms with Gasteiger partial charge in [-0.15, -0.1) is 0 Å². The Balaban J connectivity index is 2.84. The van der Waals surface area contributed by atoms with Gasteiger partial charge in [0.25, 0.3) is 5.56 Å². The van der Waals surface area contributed by atoms with E-state index >= 15 is 0 Å². The van der Waals surface area contributed by atoms with Crippen LogP contribution in [0.1, 0.15) is 18.2 Å². The summed E-state index contributed by atoms with van der Waals surface area (Å²) in [6.45, 7) is 3.54. The molecule has 0 saturated carbocycles. The van der Waals surface area contributed by atoms with E-state index in [2.05, 4.69) is 10.1 Å². The lowest BCUT2D eigenvalue weighted by Gasteiger charge is -2.06. The third-order valence-corrected chi connectivity index (χ3v) is 3.05. The SMILES string of the molecule is CCc1c(Cl)[nH]c(=O)n(-c2cn(C)nc2C)c1=O. The van der Waals surface area contributed by atoms with Crippen LogP contribution in [0.5, 0.6) is 0 Å². The zero-order valence-electron chi connectivity index (χ0n) is 10.3. The molecule has 0 atom stereocenters. The molecule has 18 heavy (non-hydrogen) atoms. The van der Waals surface area contributed by atoms with Crippen molar-refractivity contribution in [3.63, 3.8) is 0 Å². The highest BCUT2D eigenvalue weighted by Crippen LogP contribution is 2.10. The summed E-state index contributed by atoms with van der Waals surface area (Å²) < 4.78 is 2.61. The lowest BCUT2D eigenvalue weighted by Crippen LogP contribution is -2.36. The quantitative estimate of drug-likeness (QED) is 0.818. The predicted octanol–water partition coefficient (Wildman–Crippen LogP) is 0.784. The van der Waals surface area contributed by atoms with Gasteiger partial charge in [0.1, 0.15) is 5.15 Å².